The number of rotatable bonds is 5. The van der Waals surface area contributed by atoms with E-state index >= 15 is 0 Å². The summed E-state index contributed by atoms with van der Waals surface area (Å²) in [7, 11) is 0. The third-order valence-corrected chi connectivity index (χ3v) is 5.32. The lowest BCUT2D eigenvalue weighted by molar-refractivity contribution is 0.0697. The van der Waals surface area contributed by atoms with Crippen LogP contribution < -0.4 is 5.32 Å². The summed E-state index contributed by atoms with van der Waals surface area (Å²) in [5.41, 5.74) is 0.703. The fourth-order valence-corrected chi connectivity index (χ4v) is 3.79. The van der Waals surface area contributed by atoms with Crippen molar-refractivity contribution in [3.05, 3.63) is 99.7 Å². The van der Waals surface area contributed by atoms with Gasteiger partial charge in [-0.05, 0) is 42.5 Å². The largest absolute Gasteiger partial charge is 0.505 e. The van der Waals surface area contributed by atoms with Gasteiger partial charge in [0.05, 0.1) is 17.2 Å². The molecule has 0 bridgehead atoms. The smallest absolute Gasteiger partial charge is 0.335 e. The molecule has 4 rings (SSSR count). The van der Waals surface area contributed by atoms with Crippen LogP contribution in [0.5, 0.6) is 5.75 Å². The molecule has 0 fully saturated rings. The standard InChI is InChI=1S/C23H15BrF2N2O3/c24-14-10-17(25)19(18(26)11-14)21(28-15-6-3-13(4-7-15)23(30)31)16-8-5-12-2-1-9-27-20(12)22(16)29/h1-11,21,28-29H,(H,30,31). The maximum absolute atomic E-state index is 14.9. The number of nitrogens with zero attached hydrogens (tertiary/aromatic N) is 1. The van der Waals surface area contributed by atoms with Crippen molar-refractivity contribution in [3.63, 3.8) is 0 Å². The van der Waals surface area contributed by atoms with Crippen LogP contribution in [0.15, 0.2) is 71.3 Å². The second kappa shape index (κ2) is 8.31. The molecule has 1 aromatic heterocycles. The summed E-state index contributed by atoms with van der Waals surface area (Å²) in [5.74, 6) is -2.93. The Balaban J connectivity index is 1.88. The minimum atomic E-state index is -1.12. The molecule has 0 saturated carbocycles. The average Bonchev–Trinajstić information content (AvgIpc) is 2.73. The molecule has 1 unspecified atom stereocenters. The third-order valence-electron chi connectivity index (χ3n) is 4.87. The normalized spacial score (nSPS) is 12.0. The molecule has 5 nitrogen and oxygen atoms in total. The predicted octanol–water partition coefficient (Wildman–Crippen LogP) is 5.88. The van der Waals surface area contributed by atoms with Crippen molar-refractivity contribution < 1.29 is 23.8 Å². The number of anilines is 1. The van der Waals surface area contributed by atoms with Crippen LogP contribution in [-0.4, -0.2) is 21.2 Å². The summed E-state index contributed by atoms with van der Waals surface area (Å²) in [6.07, 6.45) is 1.51. The molecule has 4 aromatic rings. The molecule has 8 heteroatoms. The van der Waals surface area contributed by atoms with Crippen molar-refractivity contribution >= 4 is 38.5 Å². The van der Waals surface area contributed by atoms with Crippen LogP contribution in [-0.2, 0) is 0 Å². The Morgan fingerprint density at radius 2 is 1.71 bits per heavy atom. The highest BCUT2D eigenvalue weighted by atomic mass is 79.9. The Hall–Kier alpha value is -3.52. The van der Waals surface area contributed by atoms with Crippen LogP contribution in [0.3, 0.4) is 0 Å². The molecule has 0 aliphatic heterocycles. The molecule has 0 amide bonds. The number of hydrogen-bond acceptors (Lipinski definition) is 4. The highest BCUT2D eigenvalue weighted by Crippen LogP contribution is 2.39. The number of aromatic hydroxyl groups is 1. The SMILES string of the molecule is O=C(O)c1ccc(NC(c2ccc3cccnc3c2O)c2c(F)cc(Br)cc2F)cc1. The lowest BCUT2D eigenvalue weighted by atomic mass is 9.95. The molecular weight excluding hydrogens is 470 g/mol. The highest BCUT2D eigenvalue weighted by molar-refractivity contribution is 9.10. The molecule has 0 radical (unpaired) electrons. The highest BCUT2D eigenvalue weighted by Gasteiger charge is 2.26. The Labute approximate surface area is 184 Å². The van der Waals surface area contributed by atoms with E-state index < -0.39 is 23.6 Å². The van der Waals surface area contributed by atoms with Crippen molar-refractivity contribution in [2.24, 2.45) is 0 Å². The number of phenols is 1. The van der Waals surface area contributed by atoms with Crippen molar-refractivity contribution in [2.45, 2.75) is 6.04 Å². The van der Waals surface area contributed by atoms with Crippen LogP contribution in [0.1, 0.15) is 27.5 Å². The van der Waals surface area contributed by atoms with Crippen molar-refractivity contribution in [1.29, 1.82) is 0 Å². The number of aromatic carboxylic acids is 1. The van der Waals surface area contributed by atoms with Gasteiger partial charge in [0.15, 0.2) is 0 Å². The molecule has 1 atom stereocenters. The average molecular weight is 485 g/mol. The van der Waals surface area contributed by atoms with E-state index in [0.717, 1.165) is 12.1 Å². The second-order valence-electron chi connectivity index (χ2n) is 6.82. The van der Waals surface area contributed by atoms with Crippen molar-refractivity contribution in [1.82, 2.24) is 4.98 Å². The zero-order valence-electron chi connectivity index (χ0n) is 15.8. The topological polar surface area (TPSA) is 82.5 Å². The number of carboxylic acid groups (broad SMARTS) is 1. The first-order valence-electron chi connectivity index (χ1n) is 9.16. The summed E-state index contributed by atoms with van der Waals surface area (Å²) in [6, 6.07) is 13.6. The Morgan fingerprint density at radius 1 is 1.03 bits per heavy atom. The van der Waals surface area contributed by atoms with E-state index in [4.69, 9.17) is 5.11 Å². The number of hydrogen-bond donors (Lipinski definition) is 3. The number of carbonyl (C=O) groups is 1. The van der Waals surface area contributed by atoms with Crippen LogP contribution in [0.4, 0.5) is 14.5 Å². The monoisotopic (exact) mass is 484 g/mol. The molecule has 0 aliphatic carbocycles. The Kier molecular flexibility index (Phi) is 5.56. The van der Waals surface area contributed by atoms with Crippen molar-refractivity contribution in [3.8, 4) is 5.75 Å². The number of nitrogens with one attached hydrogen (secondary N) is 1. The number of benzene rings is 3. The summed E-state index contributed by atoms with van der Waals surface area (Å²) < 4.78 is 30.0. The van der Waals surface area contributed by atoms with E-state index in [1.54, 1.807) is 24.3 Å². The van der Waals surface area contributed by atoms with E-state index in [-0.39, 0.29) is 26.9 Å². The van der Waals surface area contributed by atoms with Crippen LogP contribution in [0.2, 0.25) is 0 Å². The molecule has 1 heterocycles. The van der Waals surface area contributed by atoms with Gasteiger partial charge in [-0.25, -0.2) is 13.6 Å². The van der Waals surface area contributed by atoms with E-state index in [1.807, 2.05) is 0 Å². The lowest BCUT2D eigenvalue weighted by Gasteiger charge is -2.23. The predicted molar refractivity (Wildman–Crippen MR) is 116 cm³/mol. The maximum Gasteiger partial charge on any atom is 0.335 e. The number of fused-ring (bicyclic) bond motifs is 1. The van der Waals surface area contributed by atoms with Crippen LogP contribution in [0.25, 0.3) is 10.9 Å². The summed E-state index contributed by atoms with van der Waals surface area (Å²) in [5, 5.41) is 23.6. The van der Waals surface area contributed by atoms with Gasteiger partial charge >= 0.3 is 5.97 Å². The summed E-state index contributed by atoms with van der Waals surface area (Å²) in [6.45, 7) is 0. The first-order chi connectivity index (χ1) is 14.8. The first kappa shape index (κ1) is 20.7. The summed E-state index contributed by atoms with van der Waals surface area (Å²) >= 11 is 3.07. The van der Waals surface area contributed by atoms with Crippen LogP contribution in [0, 0.1) is 11.6 Å². The number of aromatic nitrogens is 1. The second-order valence-corrected chi connectivity index (χ2v) is 7.74. The first-order valence-corrected chi connectivity index (χ1v) is 9.95. The van der Waals surface area contributed by atoms with Gasteiger partial charge < -0.3 is 15.5 Å². The van der Waals surface area contributed by atoms with Gasteiger partial charge in [0, 0.05) is 27.3 Å². The zero-order valence-corrected chi connectivity index (χ0v) is 17.4. The van der Waals surface area contributed by atoms with Gasteiger partial charge in [0.2, 0.25) is 0 Å². The fraction of sp³-hybridized carbons (Fsp3) is 0.0435. The number of phenolic OH excluding ortho intramolecular Hbond substituents is 1. The zero-order chi connectivity index (χ0) is 22.1. The molecule has 3 aromatic carbocycles. The van der Waals surface area contributed by atoms with Gasteiger partial charge in [-0.1, -0.05) is 34.1 Å². The number of halogens is 3. The van der Waals surface area contributed by atoms with Gasteiger partial charge in [0.25, 0.3) is 0 Å². The molecule has 0 spiro atoms. The minimum absolute atomic E-state index is 0.0702. The Morgan fingerprint density at radius 3 is 2.35 bits per heavy atom. The van der Waals surface area contributed by atoms with Gasteiger partial charge in [0.1, 0.15) is 22.9 Å². The van der Waals surface area contributed by atoms with Gasteiger partial charge in [-0.15, -0.1) is 0 Å². The summed E-state index contributed by atoms with van der Waals surface area (Å²) in [4.78, 5) is 15.3. The molecule has 3 N–H and O–H groups in total. The quantitative estimate of drug-likeness (QED) is 0.329. The maximum atomic E-state index is 14.9. The lowest BCUT2D eigenvalue weighted by Crippen LogP contribution is -2.16. The van der Waals surface area contributed by atoms with Gasteiger partial charge in [-0.3, -0.25) is 4.98 Å². The fourth-order valence-electron chi connectivity index (χ4n) is 3.39. The van der Waals surface area contributed by atoms with E-state index in [9.17, 15) is 18.7 Å². The van der Waals surface area contributed by atoms with E-state index in [2.05, 4.69) is 26.2 Å². The molecule has 31 heavy (non-hydrogen) atoms. The Bertz CT molecular complexity index is 1270. The number of carboxylic acids is 1. The molecule has 156 valence electrons. The molecule has 0 saturated heterocycles. The van der Waals surface area contributed by atoms with E-state index in [0.29, 0.717) is 16.6 Å². The number of pyridine rings is 1. The van der Waals surface area contributed by atoms with Crippen molar-refractivity contribution in [2.75, 3.05) is 5.32 Å². The molecular formula is C23H15BrF2N2O3. The van der Waals surface area contributed by atoms with Crippen LogP contribution >= 0.6 is 15.9 Å². The molecule has 0 aliphatic rings. The minimum Gasteiger partial charge on any atom is -0.505 e. The van der Waals surface area contributed by atoms with Gasteiger partial charge in [-0.2, -0.15) is 0 Å². The third kappa shape index (κ3) is 4.06. The van der Waals surface area contributed by atoms with E-state index in [1.165, 1.54) is 30.5 Å².